The van der Waals surface area contributed by atoms with Gasteiger partial charge in [-0.25, -0.2) is 8.42 Å². The highest BCUT2D eigenvalue weighted by molar-refractivity contribution is 7.92. The fourth-order valence-electron chi connectivity index (χ4n) is 2.95. The molecule has 3 aromatic carbocycles. The minimum Gasteiger partial charge on any atom is -0.497 e. The summed E-state index contributed by atoms with van der Waals surface area (Å²) in [5.41, 5.74) is 3.66. The monoisotopic (exact) mass is 424 g/mol. The number of nitrogens with one attached hydrogen (secondary N) is 2. The molecule has 0 atom stereocenters. The first-order valence-electron chi connectivity index (χ1n) is 9.36. The van der Waals surface area contributed by atoms with Gasteiger partial charge in [0, 0.05) is 11.3 Å². The number of methoxy groups -OCH3 is 1. The Morgan fingerprint density at radius 3 is 2.20 bits per heavy atom. The zero-order chi connectivity index (χ0) is 21.9. The van der Waals surface area contributed by atoms with E-state index in [9.17, 15) is 13.2 Å². The van der Waals surface area contributed by atoms with Crippen molar-refractivity contribution in [2.75, 3.05) is 17.1 Å². The smallest absolute Gasteiger partial charge is 0.262 e. The second-order valence-electron chi connectivity index (χ2n) is 7.09. The van der Waals surface area contributed by atoms with Gasteiger partial charge in [0.15, 0.2) is 0 Å². The summed E-state index contributed by atoms with van der Waals surface area (Å²) in [6.45, 7) is 5.43. The molecule has 30 heavy (non-hydrogen) atoms. The Kier molecular flexibility index (Phi) is 6.12. The predicted octanol–water partition coefficient (Wildman–Crippen LogP) is 4.67. The second-order valence-corrected chi connectivity index (χ2v) is 8.74. The maximum Gasteiger partial charge on any atom is 0.262 e. The summed E-state index contributed by atoms with van der Waals surface area (Å²) in [5.74, 6) is 0.276. The van der Waals surface area contributed by atoms with Crippen molar-refractivity contribution in [2.24, 2.45) is 0 Å². The summed E-state index contributed by atoms with van der Waals surface area (Å²) in [5, 5.41) is 2.76. The molecule has 0 unspecified atom stereocenters. The second kappa shape index (κ2) is 8.59. The summed E-state index contributed by atoms with van der Waals surface area (Å²) in [6.07, 6.45) is 0. The van der Waals surface area contributed by atoms with Crippen molar-refractivity contribution < 1.29 is 17.9 Å². The van der Waals surface area contributed by atoms with E-state index in [-0.39, 0.29) is 10.5 Å². The summed E-state index contributed by atoms with van der Waals surface area (Å²) >= 11 is 0. The fourth-order valence-corrected chi connectivity index (χ4v) is 4.35. The number of hydrogen-bond acceptors (Lipinski definition) is 4. The number of hydrogen-bond donors (Lipinski definition) is 2. The molecule has 0 aromatic heterocycles. The molecular weight excluding hydrogens is 400 g/mol. The molecule has 0 radical (unpaired) electrons. The Hall–Kier alpha value is -3.32. The molecule has 2 N–H and O–H groups in total. The molecule has 0 aliphatic carbocycles. The number of aryl methyl sites for hydroxylation is 3. The number of amides is 1. The number of anilines is 2. The van der Waals surface area contributed by atoms with Gasteiger partial charge in [-0.2, -0.15) is 0 Å². The van der Waals surface area contributed by atoms with Crippen LogP contribution in [0.25, 0.3) is 0 Å². The maximum atomic E-state index is 13.0. The number of rotatable bonds is 6. The molecule has 0 aliphatic heterocycles. The van der Waals surface area contributed by atoms with Gasteiger partial charge in [0.25, 0.3) is 15.9 Å². The van der Waals surface area contributed by atoms with Crippen LogP contribution in [0.5, 0.6) is 5.75 Å². The molecule has 0 aliphatic rings. The lowest BCUT2D eigenvalue weighted by Gasteiger charge is -2.14. The highest BCUT2D eigenvalue weighted by Crippen LogP contribution is 2.24. The van der Waals surface area contributed by atoms with E-state index < -0.39 is 15.9 Å². The topological polar surface area (TPSA) is 84.5 Å². The quantitative estimate of drug-likeness (QED) is 0.602. The first kappa shape index (κ1) is 21.4. The molecule has 1 amide bonds. The molecule has 3 aromatic rings. The first-order valence-corrected chi connectivity index (χ1v) is 10.8. The van der Waals surface area contributed by atoms with Gasteiger partial charge in [0.2, 0.25) is 0 Å². The lowest BCUT2D eigenvalue weighted by molar-refractivity contribution is 0.102. The Balaban J connectivity index is 1.88. The van der Waals surface area contributed by atoms with Gasteiger partial charge >= 0.3 is 0 Å². The summed E-state index contributed by atoms with van der Waals surface area (Å²) in [4.78, 5) is 12.7. The Morgan fingerprint density at radius 2 is 1.53 bits per heavy atom. The van der Waals surface area contributed by atoms with Crippen LogP contribution >= 0.6 is 0 Å². The van der Waals surface area contributed by atoms with Crippen molar-refractivity contribution in [3.05, 3.63) is 82.9 Å². The third-order valence-electron chi connectivity index (χ3n) is 4.73. The zero-order valence-corrected chi connectivity index (χ0v) is 18.1. The number of carbonyl (C=O) groups is 1. The van der Waals surface area contributed by atoms with Gasteiger partial charge in [-0.15, -0.1) is 0 Å². The Morgan fingerprint density at radius 1 is 0.867 bits per heavy atom. The molecule has 0 bridgehead atoms. The van der Waals surface area contributed by atoms with Crippen LogP contribution in [0.15, 0.2) is 65.6 Å². The third kappa shape index (κ3) is 4.80. The van der Waals surface area contributed by atoms with Crippen LogP contribution in [0.2, 0.25) is 0 Å². The highest BCUT2D eigenvalue weighted by Gasteiger charge is 2.20. The molecular formula is C23H24N2O4S. The van der Waals surface area contributed by atoms with Crippen molar-refractivity contribution in [2.45, 2.75) is 25.7 Å². The van der Waals surface area contributed by atoms with Crippen molar-refractivity contribution in [1.29, 1.82) is 0 Å². The standard InChI is InChI=1S/C23H24N2O4S/c1-15-5-6-16(2)21(13-15)25-30(27,28)22-14-18(8-7-17(22)3)23(26)24-19-9-11-20(29-4)12-10-19/h5-14,25H,1-4H3,(H,24,26). The van der Waals surface area contributed by atoms with Crippen LogP contribution in [0.3, 0.4) is 0 Å². The number of sulfonamides is 1. The van der Waals surface area contributed by atoms with Crippen LogP contribution in [0.1, 0.15) is 27.0 Å². The molecule has 0 heterocycles. The van der Waals surface area contributed by atoms with Crippen LogP contribution in [-0.2, 0) is 10.0 Å². The number of ether oxygens (including phenoxy) is 1. The van der Waals surface area contributed by atoms with E-state index in [4.69, 9.17) is 4.74 Å². The van der Waals surface area contributed by atoms with Crippen molar-refractivity contribution in [3.8, 4) is 5.75 Å². The molecule has 6 nitrogen and oxygen atoms in total. The fraction of sp³-hybridized carbons (Fsp3) is 0.174. The van der Waals surface area contributed by atoms with Gasteiger partial charge in [-0.1, -0.05) is 18.2 Å². The van der Waals surface area contributed by atoms with E-state index in [1.165, 1.54) is 6.07 Å². The summed E-state index contributed by atoms with van der Waals surface area (Å²) in [6, 6.07) is 17.1. The highest BCUT2D eigenvalue weighted by atomic mass is 32.2. The van der Waals surface area contributed by atoms with E-state index in [1.807, 2.05) is 26.0 Å². The molecule has 156 valence electrons. The molecule has 7 heteroatoms. The molecule has 0 fully saturated rings. The van der Waals surface area contributed by atoms with Crippen molar-refractivity contribution >= 4 is 27.3 Å². The van der Waals surface area contributed by atoms with E-state index in [0.29, 0.717) is 22.7 Å². The van der Waals surface area contributed by atoms with Gasteiger partial charge in [0.1, 0.15) is 5.75 Å². The largest absolute Gasteiger partial charge is 0.497 e. The van der Waals surface area contributed by atoms with Crippen LogP contribution in [-0.4, -0.2) is 21.4 Å². The number of benzene rings is 3. The van der Waals surface area contributed by atoms with Gasteiger partial charge in [0.05, 0.1) is 17.7 Å². The Labute approximate surface area is 177 Å². The maximum absolute atomic E-state index is 13.0. The van der Waals surface area contributed by atoms with Crippen LogP contribution in [0, 0.1) is 20.8 Å². The zero-order valence-electron chi connectivity index (χ0n) is 17.3. The van der Waals surface area contributed by atoms with Gasteiger partial charge < -0.3 is 10.1 Å². The minimum atomic E-state index is -3.87. The van der Waals surface area contributed by atoms with E-state index in [2.05, 4.69) is 10.0 Å². The number of carbonyl (C=O) groups excluding carboxylic acids is 1. The lowest BCUT2D eigenvalue weighted by atomic mass is 10.1. The summed E-state index contributed by atoms with van der Waals surface area (Å²) in [7, 11) is -2.30. The minimum absolute atomic E-state index is 0.0609. The van der Waals surface area contributed by atoms with Gasteiger partial charge in [-0.3, -0.25) is 9.52 Å². The molecule has 3 rings (SSSR count). The third-order valence-corrected chi connectivity index (χ3v) is 6.23. The Bertz CT molecular complexity index is 1190. The van der Waals surface area contributed by atoms with E-state index in [0.717, 1.165) is 11.1 Å². The normalized spacial score (nSPS) is 11.1. The molecule has 0 saturated carbocycles. The van der Waals surface area contributed by atoms with E-state index in [1.54, 1.807) is 56.5 Å². The predicted molar refractivity (Wildman–Crippen MR) is 119 cm³/mol. The summed E-state index contributed by atoms with van der Waals surface area (Å²) < 4.78 is 33.8. The molecule has 0 saturated heterocycles. The average Bonchev–Trinajstić information content (AvgIpc) is 2.71. The molecule has 0 spiro atoms. The first-order chi connectivity index (χ1) is 14.2. The van der Waals surface area contributed by atoms with Crippen LogP contribution in [0.4, 0.5) is 11.4 Å². The van der Waals surface area contributed by atoms with E-state index >= 15 is 0 Å². The SMILES string of the molecule is COc1ccc(NC(=O)c2ccc(C)c(S(=O)(=O)Nc3cc(C)ccc3C)c2)cc1. The lowest BCUT2D eigenvalue weighted by Crippen LogP contribution is -2.17. The van der Waals surface area contributed by atoms with Gasteiger partial charge in [-0.05, 0) is 79.9 Å². The average molecular weight is 425 g/mol. The van der Waals surface area contributed by atoms with Crippen molar-refractivity contribution in [3.63, 3.8) is 0 Å². The van der Waals surface area contributed by atoms with Crippen molar-refractivity contribution in [1.82, 2.24) is 0 Å². The van der Waals surface area contributed by atoms with Crippen LogP contribution < -0.4 is 14.8 Å².